The van der Waals surface area contributed by atoms with Crippen LogP contribution < -0.4 is 5.73 Å². The standard InChI is InChI=1S/C19H30N2O2.ClH/c1-5-11-21(16-13-17(23-6-2)19(16,3)4)18(22)12-14-7-9-15(20)10-8-14;/h7-10,16-17H,5-6,11-13,20H2,1-4H3;1H. The lowest BCUT2D eigenvalue weighted by atomic mass is 9.63. The molecule has 24 heavy (non-hydrogen) atoms. The number of carbonyl (C=O) groups excluding carboxylic acids is 1. The highest BCUT2D eigenvalue weighted by Gasteiger charge is 2.52. The zero-order chi connectivity index (χ0) is 17.0. The molecule has 5 heteroatoms. The van der Waals surface area contributed by atoms with Gasteiger partial charge in [-0.05, 0) is 37.5 Å². The molecule has 1 aliphatic carbocycles. The van der Waals surface area contributed by atoms with Gasteiger partial charge >= 0.3 is 0 Å². The van der Waals surface area contributed by atoms with E-state index in [1.807, 2.05) is 31.2 Å². The molecule has 2 unspecified atom stereocenters. The lowest BCUT2D eigenvalue weighted by Gasteiger charge is -2.55. The van der Waals surface area contributed by atoms with Gasteiger partial charge in [0, 0.05) is 30.3 Å². The third-order valence-corrected chi connectivity index (χ3v) is 4.99. The fourth-order valence-electron chi connectivity index (χ4n) is 3.48. The Bertz CT molecular complexity index is 531. The van der Waals surface area contributed by atoms with Gasteiger partial charge in [-0.3, -0.25) is 4.79 Å². The highest BCUT2D eigenvalue weighted by atomic mass is 35.5. The van der Waals surface area contributed by atoms with Gasteiger partial charge in [-0.25, -0.2) is 0 Å². The number of anilines is 1. The second-order valence-electron chi connectivity index (χ2n) is 7.02. The molecule has 0 bridgehead atoms. The van der Waals surface area contributed by atoms with Crippen LogP contribution in [-0.4, -0.2) is 36.1 Å². The minimum Gasteiger partial charge on any atom is -0.399 e. The van der Waals surface area contributed by atoms with E-state index in [-0.39, 0.29) is 35.9 Å². The van der Waals surface area contributed by atoms with E-state index in [0.717, 1.165) is 37.2 Å². The molecule has 2 atom stereocenters. The number of hydrogen-bond acceptors (Lipinski definition) is 3. The average molecular weight is 355 g/mol. The van der Waals surface area contributed by atoms with E-state index in [4.69, 9.17) is 10.5 Å². The summed E-state index contributed by atoms with van der Waals surface area (Å²) in [5, 5.41) is 0. The van der Waals surface area contributed by atoms with Crippen molar-refractivity contribution in [3.63, 3.8) is 0 Å². The van der Waals surface area contributed by atoms with Gasteiger partial charge in [0.15, 0.2) is 0 Å². The summed E-state index contributed by atoms with van der Waals surface area (Å²) in [6.45, 7) is 10.1. The third-order valence-electron chi connectivity index (χ3n) is 4.99. The van der Waals surface area contributed by atoms with Gasteiger partial charge in [0.2, 0.25) is 5.91 Å². The number of amides is 1. The molecule has 1 aromatic rings. The smallest absolute Gasteiger partial charge is 0.227 e. The molecule has 136 valence electrons. The Balaban J connectivity index is 0.00000288. The zero-order valence-corrected chi connectivity index (χ0v) is 16.1. The Hall–Kier alpha value is -1.26. The first kappa shape index (κ1) is 20.8. The maximum atomic E-state index is 12.8. The molecule has 0 aromatic heterocycles. The third kappa shape index (κ3) is 4.42. The van der Waals surface area contributed by atoms with Crippen molar-refractivity contribution in [3.8, 4) is 0 Å². The van der Waals surface area contributed by atoms with Crippen molar-refractivity contribution < 1.29 is 9.53 Å². The van der Waals surface area contributed by atoms with Crippen molar-refractivity contribution in [2.24, 2.45) is 5.41 Å². The second kappa shape index (κ2) is 8.72. The van der Waals surface area contributed by atoms with E-state index >= 15 is 0 Å². The van der Waals surface area contributed by atoms with E-state index in [9.17, 15) is 4.79 Å². The first-order chi connectivity index (χ1) is 10.9. The van der Waals surface area contributed by atoms with Crippen LogP contribution >= 0.6 is 12.4 Å². The van der Waals surface area contributed by atoms with Crippen molar-refractivity contribution in [3.05, 3.63) is 29.8 Å². The molecule has 4 nitrogen and oxygen atoms in total. The van der Waals surface area contributed by atoms with Gasteiger partial charge in [-0.1, -0.05) is 32.9 Å². The number of nitrogens with two attached hydrogens (primary N) is 1. The van der Waals surface area contributed by atoms with E-state index < -0.39 is 0 Å². The quantitative estimate of drug-likeness (QED) is 0.760. The van der Waals surface area contributed by atoms with E-state index in [1.54, 1.807) is 0 Å². The average Bonchev–Trinajstić information content (AvgIpc) is 2.51. The Labute approximate surface area is 152 Å². The highest BCUT2D eigenvalue weighted by Crippen LogP contribution is 2.46. The molecular formula is C19H31ClN2O2. The number of halogens is 1. The molecule has 2 N–H and O–H groups in total. The maximum absolute atomic E-state index is 12.8. The van der Waals surface area contributed by atoms with Crippen LogP contribution in [0.2, 0.25) is 0 Å². The fraction of sp³-hybridized carbons (Fsp3) is 0.632. The molecule has 0 radical (unpaired) electrons. The van der Waals surface area contributed by atoms with Crippen LogP contribution in [0.5, 0.6) is 0 Å². The predicted molar refractivity (Wildman–Crippen MR) is 101 cm³/mol. The maximum Gasteiger partial charge on any atom is 0.227 e. The van der Waals surface area contributed by atoms with Gasteiger partial charge in [-0.15, -0.1) is 12.4 Å². The summed E-state index contributed by atoms with van der Waals surface area (Å²) < 4.78 is 5.81. The monoisotopic (exact) mass is 354 g/mol. The van der Waals surface area contributed by atoms with Gasteiger partial charge in [-0.2, -0.15) is 0 Å². The largest absolute Gasteiger partial charge is 0.399 e. The molecule has 0 heterocycles. The summed E-state index contributed by atoms with van der Waals surface area (Å²) in [4.78, 5) is 14.9. The summed E-state index contributed by atoms with van der Waals surface area (Å²) in [5.41, 5.74) is 7.48. The molecule has 1 amide bonds. The van der Waals surface area contributed by atoms with Crippen LogP contribution in [-0.2, 0) is 16.0 Å². The SMILES string of the molecule is CCCN(C(=O)Cc1ccc(N)cc1)C1CC(OCC)C1(C)C.Cl. The molecule has 2 rings (SSSR count). The molecule has 1 aliphatic rings. The van der Waals surface area contributed by atoms with Gasteiger partial charge in [0.05, 0.1) is 12.5 Å². The Kier molecular flexibility index (Phi) is 7.56. The van der Waals surface area contributed by atoms with Crippen molar-refractivity contribution in [2.75, 3.05) is 18.9 Å². The first-order valence-corrected chi connectivity index (χ1v) is 8.65. The molecule has 1 fully saturated rings. The first-order valence-electron chi connectivity index (χ1n) is 8.65. The van der Waals surface area contributed by atoms with E-state index in [1.165, 1.54) is 0 Å². The lowest BCUT2D eigenvalue weighted by Crippen LogP contribution is -2.63. The number of ether oxygens (including phenoxy) is 1. The number of nitrogens with zero attached hydrogens (tertiary/aromatic N) is 1. The molecule has 0 aliphatic heterocycles. The molecule has 0 spiro atoms. The lowest BCUT2D eigenvalue weighted by molar-refractivity contribution is -0.166. The number of carbonyl (C=O) groups is 1. The fourth-order valence-corrected chi connectivity index (χ4v) is 3.48. The van der Waals surface area contributed by atoms with Gasteiger partial charge in [0.1, 0.15) is 0 Å². The zero-order valence-electron chi connectivity index (χ0n) is 15.2. The molecular weight excluding hydrogens is 324 g/mol. The molecule has 1 aromatic carbocycles. The van der Waals surface area contributed by atoms with Crippen LogP contribution in [0.25, 0.3) is 0 Å². The summed E-state index contributed by atoms with van der Waals surface area (Å²) in [5.74, 6) is 0.199. The topological polar surface area (TPSA) is 55.6 Å². The Morgan fingerprint density at radius 2 is 1.92 bits per heavy atom. The summed E-state index contributed by atoms with van der Waals surface area (Å²) >= 11 is 0. The summed E-state index contributed by atoms with van der Waals surface area (Å²) in [6.07, 6.45) is 2.60. The Morgan fingerprint density at radius 3 is 2.42 bits per heavy atom. The minimum absolute atomic E-state index is 0. The van der Waals surface area contributed by atoms with Crippen molar-refractivity contribution >= 4 is 24.0 Å². The van der Waals surface area contributed by atoms with Crippen molar-refractivity contribution in [1.82, 2.24) is 4.90 Å². The number of rotatable bonds is 7. The summed E-state index contributed by atoms with van der Waals surface area (Å²) in [6, 6.07) is 7.84. The van der Waals surface area contributed by atoms with Gasteiger partial charge < -0.3 is 15.4 Å². The summed E-state index contributed by atoms with van der Waals surface area (Å²) in [7, 11) is 0. The van der Waals surface area contributed by atoms with Gasteiger partial charge in [0.25, 0.3) is 0 Å². The van der Waals surface area contributed by atoms with Crippen LogP contribution in [0.4, 0.5) is 5.69 Å². The minimum atomic E-state index is 0. The number of nitrogen functional groups attached to an aromatic ring is 1. The highest BCUT2D eigenvalue weighted by molar-refractivity contribution is 5.85. The van der Waals surface area contributed by atoms with Crippen molar-refractivity contribution in [2.45, 2.75) is 59.1 Å². The van der Waals surface area contributed by atoms with E-state index in [0.29, 0.717) is 6.42 Å². The van der Waals surface area contributed by atoms with E-state index in [2.05, 4.69) is 25.7 Å². The molecule has 0 saturated heterocycles. The Morgan fingerprint density at radius 1 is 1.29 bits per heavy atom. The predicted octanol–water partition coefficient (Wildman–Crippen LogP) is 3.68. The second-order valence-corrected chi connectivity index (χ2v) is 7.02. The van der Waals surface area contributed by atoms with Crippen LogP contribution in [0.1, 0.15) is 46.1 Å². The van der Waals surface area contributed by atoms with Crippen LogP contribution in [0.3, 0.4) is 0 Å². The number of hydrogen-bond donors (Lipinski definition) is 1. The normalized spacial score (nSPS) is 21.5. The van der Waals surface area contributed by atoms with Crippen LogP contribution in [0, 0.1) is 5.41 Å². The molecule has 1 saturated carbocycles. The van der Waals surface area contributed by atoms with Crippen molar-refractivity contribution in [1.29, 1.82) is 0 Å². The van der Waals surface area contributed by atoms with Crippen LogP contribution in [0.15, 0.2) is 24.3 Å². The number of benzene rings is 1.